The minimum absolute atomic E-state index is 0.567. The Kier molecular flexibility index (Phi) is 4.37. The summed E-state index contributed by atoms with van der Waals surface area (Å²) < 4.78 is 5.33. The lowest BCUT2D eigenvalue weighted by Crippen LogP contribution is -2.09. The van der Waals surface area contributed by atoms with E-state index >= 15 is 0 Å². The Labute approximate surface area is 111 Å². The second-order valence-electron chi connectivity index (χ2n) is 4.30. The topological polar surface area (TPSA) is 47.3 Å². The summed E-state index contributed by atoms with van der Waals surface area (Å²) >= 11 is 12.2. The van der Waals surface area contributed by atoms with Crippen LogP contribution in [-0.2, 0) is 4.74 Å². The fraction of sp³-hybridized carbons (Fsp3) is 0.500. The molecule has 0 spiro atoms. The van der Waals surface area contributed by atoms with Gasteiger partial charge < -0.3 is 15.8 Å². The van der Waals surface area contributed by atoms with E-state index in [1.807, 2.05) is 0 Å². The number of nitrogen functional groups attached to an aromatic ring is 1. The van der Waals surface area contributed by atoms with Crippen molar-refractivity contribution in [1.29, 1.82) is 0 Å². The van der Waals surface area contributed by atoms with E-state index in [2.05, 4.69) is 5.32 Å². The molecule has 5 heteroatoms. The van der Waals surface area contributed by atoms with Gasteiger partial charge in [-0.1, -0.05) is 23.2 Å². The lowest BCUT2D eigenvalue weighted by molar-refractivity contribution is 0.185. The van der Waals surface area contributed by atoms with Gasteiger partial charge in [-0.2, -0.15) is 0 Å². The highest BCUT2D eigenvalue weighted by molar-refractivity contribution is 6.39. The molecule has 0 aromatic heterocycles. The van der Waals surface area contributed by atoms with Crippen LogP contribution in [0.15, 0.2) is 12.1 Å². The minimum Gasteiger partial charge on any atom is -0.399 e. The van der Waals surface area contributed by atoms with Crippen molar-refractivity contribution >= 4 is 34.6 Å². The molecule has 94 valence electrons. The van der Waals surface area contributed by atoms with Crippen molar-refractivity contribution in [1.82, 2.24) is 0 Å². The maximum absolute atomic E-state index is 6.08. The molecular formula is C12H16Cl2N2O. The Morgan fingerprint density at radius 1 is 1.35 bits per heavy atom. The largest absolute Gasteiger partial charge is 0.399 e. The van der Waals surface area contributed by atoms with E-state index in [0.29, 0.717) is 21.7 Å². The monoisotopic (exact) mass is 274 g/mol. The first-order valence-corrected chi connectivity index (χ1v) is 6.48. The maximum atomic E-state index is 6.08. The van der Waals surface area contributed by atoms with Gasteiger partial charge in [0.1, 0.15) is 0 Å². The number of ether oxygens (including phenoxy) is 1. The van der Waals surface area contributed by atoms with Gasteiger partial charge in [-0.05, 0) is 30.9 Å². The van der Waals surface area contributed by atoms with E-state index in [1.54, 1.807) is 12.1 Å². The third-order valence-electron chi connectivity index (χ3n) is 2.94. The van der Waals surface area contributed by atoms with Crippen molar-refractivity contribution in [2.45, 2.75) is 12.8 Å². The van der Waals surface area contributed by atoms with Gasteiger partial charge in [-0.25, -0.2) is 0 Å². The molecule has 1 aromatic carbocycles. The lowest BCUT2D eigenvalue weighted by atomic mass is 10.1. The lowest BCUT2D eigenvalue weighted by Gasteiger charge is -2.13. The van der Waals surface area contributed by atoms with Crippen molar-refractivity contribution in [2.75, 3.05) is 30.8 Å². The zero-order valence-corrected chi connectivity index (χ0v) is 11.0. The van der Waals surface area contributed by atoms with E-state index in [0.717, 1.165) is 38.3 Å². The van der Waals surface area contributed by atoms with Gasteiger partial charge in [0.2, 0.25) is 0 Å². The quantitative estimate of drug-likeness (QED) is 0.828. The molecule has 0 aliphatic carbocycles. The first-order valence-electron chi connectivity index (χ1n) is 5.73. The van der Waals surface area contributed by atoms with E-state index in [4.69, 9.17) is 33.7 Å². The Bertz CT molecular complexity index is 369. The number of hydrogen-bond acceptors (Lipinski definition) is 3. The first kappa shape index (κ1) is 12.8. The summed E-state index contributed by atoms with van der Waals surface area (Å²) in [5.74, 6) is 0.647. The Hall–Kier alpha value is -0.640. The van der Waals surface area contributed by atoms with E-state index < -0.39 is 0 Å². The second kappa shape index (κ2) is 5.80. The molecule has 0 amide bonds. The second-order valence-corrected chi connectivity index (χ2v) is 5.12. The molecule has 1 heterocycles. The van der Waals surface area contributed by atoms with E-state index in [9.17, 15) is 0 Å². The number of nitrogens with one attached hydrogen (secondary N) is 1. The summed E-state index contributed by atoms with van der Waals surface area (Å²) in [6.45, 7) is 2.59. The average molecular weight is 275 g/mol. The Morgan fingerprint density at radius 2 is 2.06 bits per heavy atom. The van der Waals surface area contributed by atoms with Crippen LogP contribution in [0.5, 0.6) is 0 Å². The number of nitrogens with two attached hydrogens (primary N) is 1. The van der Waals surface area contributed by atoms with Crippen LogP contribution in [0.3, 0.4) is 0 Å². The molecule has 1 saturated heterocycles. The summed E-state index contributed by atoms with van der Waals surface area (Å²) in [5.41, 5.74) is 6.99. The highest BCUT2D eigenvalue weighted by Gasteiger charge is 2.15. The molecule has 1 aliphatic rings. The summed E-state index contributed by atoms with van der Waals surface area (Å²) in [5, 5.41) is 4.39. The fourth-order valence-electron chi connectivity index (χ4n) is 1.97. The third-order valence-corrected chi connectivity index (χ3v) is 3.54. The van der Waals surface area contributed by atoms with Gasteiger partial charge >= 0.3 is 0 Å². The predicted octanol–water partition coefficient (Wildman–Crippen LogP) is 3.41. The molecular weight excluding hydrogens is 259 g/mol. The number of rotatable bonds is 4. The van der Waals surface area contributed by atoms with E-state index in [-0.39, 0.29) is 0 Å². The number of hydrogen-bond donors (Lipinski definition) is 2. The van der Waals surface area contributed by atoms with Crippen LogP contribution >= 0.6 is 23.2 Å². The van der Waals surface area contributed by atoms with Crippen molar-refractivity contribution in [2.24, 2.45) is 5.92 Å². The van der Waals surface area contributed by atoms with Crippen LogP contribution in [0.2, 0.25) is 10.0 Å². The van der Waals surface area contributed by atoms with Gasteiger partial charge in [0.05, 0.1) is 15.7 Å². The van der Waals surface area contributed by atoms with E-state index in [1.165, 1.54) is 0 Å². The highest BCUT2D eigenvalue weighted by atomic mass is 35.5. The number of halogens is 2. The molecule has 3 N–H and O–H groups in total. The number of anilines is 2. The van der Waals surface area contributed by atoms with Crippen molar-refractivity contribution < 1.29 is 4.74 Å². The van der Waals surface area contributed by atoms with Gasteiger partial charge in [0.15, 0.2) is 0 Å². The van der Waals surface area contributed by atoms with Crippen molar-refractivity contribution in [3.05, 3.63) is 22.2 Å². The molecule has 1 aromatic rings. The molecule has 1 unspecified atom stereocenters. The van der Waals surface area contributed by atoms with Gasteiger partial charge in [0.25, 0.3) is 0 Å². The number of benzene rings is 1. The summed E-state index contributed by atoms with van der Waals surface area (Å²) in [7, 11) is 0. The first-order chi connectivity index (χ1) is 8.16. The van der Waals surface area contributed by atoms with Gasteiger partial charge in [-0.15, -0.1) is 0 Å². The standard InChI is InChI=1S/C12H16Cl2N2O/c13-10-5-9(15)6-11(14)12(10)16-3-1-8-2-4-17-7-8/h5-6,8,16H,1-4,7,15H2. The average Bonchev–Trinajstić information content (AvgIpc) is 2.74. The van der Waals surface area contributed by atoms with Crippen molar-refractivity contribution in [3.63, 3.8) is 0 Å². The van der Waals surface area contributed by atoms with Gasteiger partial charge in [-0.3, -0.25) is 0 Å². The summed E-state index contributed by atoms with van der Waals surface area (Å²) in [6, 6.07) is 3.41. The third kappa shape index (κ3) is 3.41. The molecule has 0 bridgehead atoms. The fourth-order valence-corrected chi connectivity index (χ4v) is 2.61. The van der Waals surface area contributed by atoms with Gasteiger partial charge in [0, 0.05) is 25.4 Å². The molecule has 1 atom stereocenters. The summed E-state index contributed by atoms with van der Waals surface area (Å²) in [4.78, 5) is 0. The van der Waals surface area contributed by atoms with Crippen LogP contribution < -0.4 is 11.1 Å². The summed E-state index contributed by atoms with van der Waals surface area (Å²) in [6.07, 6.45) is 2.21. The maximum Gasteiger partial charge on any atom is 0.0720 e. The molecule has 0 radical (unpaired) electrons. The SMILES string of the molecule is Nc1cc(Cl)c(NCCC2CCOC2)c(Cl)c1. The molecule has 3 nitrogen and oxygen atoms in total. The molecule has 0 saturated carbocycles. The molecule has 1 fully saturated rings. The molecule has 1 aliphatic heterocycles. The Balaban J connectivity index is 1.89. The van der Waals surface area contributed by atoms with Crippen molar-refractivity contribution in [3.8, 4) is 0 Å². The zero-order chi connectivity index (χ0) is 12.3. The van der Waals surface area contributed by atoms with Crippen LogP contribution in [0.25, 0.3) is 0 Å². The van der Waals surface area contributed by atoms with Crippen LogP contribution in [0.4, 0.5) is 11.4 Å². The predicted molar refractivity (Wildman–Crippen MR) is 72.9 cm³/mol. The highest BCUT2D eigenvalue weighted by Crippen LogP contribution is 2.32. The zero-order valence-electron chi connectivity index (χ0n) is 9.51. The minimum atomic E-state index is 0.567. The van der Waals surface area contributed by atoms with Crippen LogP contribution in [-0.4, -0.2) is 19.8 Å². The normalized spacial score (nSPS) is 19.5. The molecule has 17 heavy (non-hydrogen) atoms. The van der Waals surface area contributed by atoms with Crippen LogP contribution in [0, 0.1) is 5.92 Å². The molecule has 2 rings (SSSR count). The Morgan fingerprint density at radius 3 is 2.65 bits per heavy atom. The smallest absolute Gasteiger partial charge is 0.0720 e. The van der Waals surface area contributed by atoms with Crippen LogP contribution in [0.1, 0.15) is 12.8 Å².